The number of aliphatic carboxylic acids is 1. The molecule has 1 aliphatic carbocycles. The number of carbonyl (C=O) groups is 2. The lowest BCUT2D eigenvalue weighted by Crippen LogP contribution is -2.04. The Balaban J connectivity index is 0.000000163. The molecule has 0 amide bonds. The van der Waals surface area contributed by atoms with Crippen molar-refractivity contribution in [3.8, 4) is 0 Å². The maximum atomic E-state index is 10.2. The molecule has 16 heavy (non-hydrogen) atoms. The number of benzene rings is 1. The Labute approximate surface area is 93.9 Å². The van der Waals surface area contributed by atoms with Gasteiger partial charge in [-0.3, -0.25) is 9.59 Å². The number of carboxylic acids is 1. The van der Waals surface area contributed by atoms with Gasteiger partial charge in [-0.2, -0.15) is 0 Å². The summed E-state index contributed by atoms with van der Waals surface area (Å²) in [4.78, 5) is 20.0. The fourth-order valence-corrected chi connectivity index (χ4v) is 1.15. The Kier molecular flexibility index (Phi) is 4.51. The Morgan fingerprint density at radius 1 is 1.25 bits per heavy atom. The number of carboxylic acid groups (broad SMARTS) is 1. The number of methoxy groups -OCH3 is 1. The fourth-order valence-electron chi connectivity index (χ4n) is 1.15. The number of carbonyl (C=O) groups excluding carboxylic acids is 1. The summed E-state index contributed by atoms with van der Waals surface area (Å²) >= 11 is 0. The van der Waals surface area contributed by atoms with E-state index in [2.05, 4.69) is 29.0 Å². The summed E-state index contributed by atoms with van der Waals surface area (Å²) < 4.78 is 4.20. The molecule has 0 saturated carbocycles. The van der Waals surface area contributed by atoms with Crippen LogP contribution < -0.4 is 0 Å². The van der Waals surface area contributed by atoms with Crippen molar-refractivity contribution in [1.29, 1.82) is 0 Å². The zero-order valence-corrected chi connectivity index (χ0v) is 9.10. The van der Waals surface area contributed by atoms with Crippen molar-refractivity contribution in [3.63, 3.8) is 0 Å². The third-order valence-electron chi connectivity index (χ3n) is 2.14. The third kappa shape index (κ3) is 4.59. The van der Waals surface area contributed by atoms with Gasteiger partial charge in [-0.05, 0) is 17.5 Å². The van der Waals surface area contributed by atoms with Crippen LogP contribution in [-0.4, -0.2) is 24.2 Å². The monoisotopic (exact) mass is 222 g/mol. The maximum absolute atomic E-state index is 10.2. The zero-order chi connectivity index (χ0) is 12.0. The van der Waals surface area contributed by atoms with E-state index in [0.717, 1.165) is 0 Å². The molecule has 0 bridgehead atoms. The average Bonchev–Trinajstić information content (AvgIpc) is 3.05. The molecule has 0 radical (unpaired) electrons. The van der Waals surface area contributed by atoms with Crippen LogP contribution in [0.2, 0.25) is 0 Å². The summed E-state index contributed by atoms with van der Waals surface area (Å²) in [7, 11) is 1.23. The summed E-state index contributed by atoms with van der Waals surface area (Å²) in [6, 6.07) is 8.53. The van der Waals surface area contributed by atoms with Crippen LogP contribution in [0.25, 0.3) is 0 Å². The number of fused-ring (bicyclic) bond motifs is 1. The first-order valence-electron chi connectivity index (χ1n) is 4.99. The highest BCUT2D eigenvalue weighted by Gasteiger charge is 2.12. The second kappa shape index (κ2) is 5.90. The van der Waals surface area contributed by atoms with Gasteiger partial charge in [0.05, 0.1) is 20.0 Å². The number of esters is 1. The highest BCUT2D eigenvalue weighted by atomic mass is 16.5. The van der Waals surface area contributed by atoms with E-state index in [1.54, 1.807) is 0 Å². The van der Waals surface area contributed by atoms with Gasteiger partial charge in [0.1, 0.15) is 0 Å². The van der Waals surface area contributed by atoms with Crippen LogP contribution in [0, 0.1) is 0 Å². The van der Waals surface area contributed by atoms with Crippen molar-refractivity contribution < 1.29 is 19.4 Å². The first-order chi connectivity index (χ1) is 7.63. The van der Waals surface area contributed by atoms with Crippen molar-refractivity contribution in [2.24, 2.45) is 0 Å². The molecule has 0 unspecified atom stereocenters. The summed E-state index contributed by atoms with van der Waals surface area (Å²) in [5, 5.41) is 8.05. The van der Waals surface area contributed by atoms with E-state index in [1.165, 1.54) is 24.7 Å². The van der Waals surface area contributed by atoms with Crippen LogP contribution >= 0.6 is 0 Å². The second-order valence-electron chi connectivity index (χ2n) is 3.42. The first-order valence-corrected chi connectivity index (χ1v) is 4.99. The number of ether oxygens (including phenoxy) is 1. The zero-order valence-electron chi connectivity index (χ0n) is 9.10. The van der Waals surface area contributed by atoms with E-state index in [-0.39, 0.29) is 12.8 Å². The van der Waals surface area contributed by atoms with Crippen LogP contribution in [0.15, 0.2) is 24.3 Å². The second-order valence-corrected chi connectivity index (χ2v) is 3.42. The minimum atomic E-state index is -0.986. The van der Waals surface area contributed by atoms with Gasteiger partial charge in [0, 0.05) is 0 Å². The predicted molar refractivity (Wildman–Crippen MR) is 58.1 cm³/mol. The van der Waals surface area contributed by atoms with Gasteiger partial charge < -0.3 is 9.84 Å². The lowest BCUT2D eigenvalue weighted by molar-refractivity contribution is -0.145. The van der Waals surface area contributed by atoms with Crippen molar-refractivity contribution in [2.75, 3.05) is 7.11 Å². The summed E-state index contributed by atoms with van der Waals surface area (Å²) in [5.74, 6) is -1.47. The Morgan fingerprint density at radius 3 is 2.19 bits per heavy atom. The molecule has 0 spiro atoms. The van der Waals surface area contributed by atoms with Gasteiger partial charge in [-0.15, -0.1) is 0 Å². The van der Waals surface area contributed by atoms with Crippen LogP contribution in [0.5, 0.6) is 0 Å². The molecular formula is C12H14O4. The summed E-state index contributed by atoms with van der Waals surface area (Å²) in [6.45, 7) is 0. The number of hydrogen-bond acceptors (Lipinski definition) is 3. The van der Waals surface area contributed by atoms with Crippen molar-refractivity contribution in [3.05, 3.63) is 35.4 Å². The minimum Gasteiger partial charge on any atom is -0.481 e. The normalized spacial score (nSPS) is 10.6. The molecule has 4 heteroatoms. The molecule has 2 rings (SSSR count). The molecule has 0 aromatic heterocycles. The fraction of sp³-hybridized carbons (Fsp3) is 0.333. The quantitative estimate of drug-likeness (QED) is 0.801. The molecule has 1 aliphatic rings. The highest BCUT2D eigenvalue weighted by Crippen LogP contribution is 2.25. The smallest absolute Gasteiger partial charge is 0.306 e. The topological polar surface area (TPSA) is 63.6 Å². The molecule has 0 aliphatic heterocycles. The van der Waals surface area contributed by atoms with Gasteiger partial charge in [-0.25, -0.2) is 0 Å². The lowest BCUT2D eigenvalue weighted by atomic mass is 10.3. The Bertz CT molecular complexity index is 363. The van der Waals surface area contributed by atoms with Gasteiger partial charge in [0.25, 0.3) is 0 Å². The van der Waals surface area contributed by atoms with E-state index >= 15 is 0 Å². The SMILES string of the molecule is COC(=O)CCC(=O)O.c1ccc2c(c1)C2. The maximum Gasteiger partial charge on any atom is 0.306 e. The molecule has 1 aromatic rings. The predicted octanol–water partition coefficient (Wildman–Crippen LogP) is 1.61. The molecule has 0 atom stereocenters. The lowest BCUT2D eigenvalue weighted by Gasteiger charge is -1.92. The van der Waals surface area contributed by atoms with Gasteiger partial charge in [0.2, 0.25) is 0 Å². The molecule has 86 valence electrons. The van der Waals surface area contributed by atoms with Crippen LogP contribution in [0.3, 0.4) is 0 Å². The van der Waals surface area contributed by atoms with E-state index in [0.29, 0.717) is 0 Å². The Morgan fingerprint density at radius 2 is 1.81 bits per heavy atom. The van der Waals surface area contributed by atoms with Crippen molar-refractivity contribution in [2.45, 2.75) is 19.3 Å². The molecule has 0 saturated heterocycles. The van der Waals surface area contributed by atoms with Gasteiger partial charge in [-0.1, -0.05) is 24.3 Å². The molecule has 0 heterocycles. The number of rotatable bonds is 3. The highest BCUT2D eigenvalue weighted by molar-refractivity contribution is 5.76. The van der Waals surface area contributed by atoms with Crippen LogP contribution in [-0.2, 0) is 20.7 Å². The van der Waals surface area contributed by atoms with E-state index in [1.807, 2.05) is 0 Å². The van der Waals surface area contributed by atoms with Gasteiger partial charge in [0.15, 0.2) is 0 Å². The van der Waals surface area contributed by atoms with Gasteiger partial charge >= 0.3 is 11.9 Å². The minimum absolute atomic E-state index is 0.0498. The van der Waals surface area contributed by atoms with Crippen molar-refractivity contribution in [1.82, 2.24) is 0 Å². The summed E-state index contributed by atoms with van der Waals surface area (Å²) in [5.41, 5.74) is 3.06. The molecule has 0 fully saturated rings. The van der Waals surface area contributed by atoms with Crippen LogP contribution in [0.4, 0.5) is 0 Å². The largest absolute Gasteiger partial charge is 0.481 e. The Hall–Kier alpha value is -1.84. The number of hydrogen-bond donors (Lipinski definition) is 1. The standard InChI is InChI=1S/C7H6.C5H8O4/c1-2-4-7-5-6(7)3-1;1-9-5(8)3-2-4(6)7/h1-4H,5H2;2-3H2,1H3,(H,6,7). The van der Waals surface area contributed by atoms with E-state index in [9.17, 15) is 9.59 Å². The molecule has 1 aromatic carbocycles. The summed E-state index contributed by atoms with van der Waals surface area (Å²) in [6.07, 6.45) is 1.03. The van der Waals surface area contributed by atoms with Crippen molar-refractivity contribution >= 4 is 11.9 Å². The third-order valence-corrected chi connectivity index (χ3v) is 2.14. The first kappa shape index (κ1) is 12.2. The molecular weight excluding hydrogens is 208 g/mol. The van der Waals surface area contributed by atoms with E-state index < -0.39 is 11.9 Å². The molecule has 1 N–H and O–H groups in total. The van der Waals surface area contributed by atoms with E-state index in [4.69, 9.17) is 5.11 Å². The average molecular weight is 222 g/mol. The molecule has 4 nitrogen and oxygen atoms in total. The van der Waals surface area contributed by atoms with Crippen LogP contribution in [0.1, 0.15) is 24.0 Å².